The molecule has 0 heterocycles. The number of halogens is 1. The molecule has 4 aromatic rings. The van der Waals surface area contributed by atoms with Crippen molar-refractivity contribution in [3.05, 3.63) is 119 Å². The van der Waals surface area contributed by atoms with Crippen LogP contribution in [0.5, 0.6) is 11.5 Å². The normalized spacial score (nSPS) is 11.8. The molecule has 0 spiro atoms. The van der Waals surface area contributed by atoms with Crippen LogP contribution in [-0.2, 0) is 32.6 Å². The fourth-order valence-corrected chi connectivity index (χ4v) is 6.61. The summed E-state index contributed by atoms with van der Waals surface area (Å²) in [4.78, 5) is 29.6. The summed E-state index contributed by atoms with van der Waals surface area (Å²) >= 11 is 6.35. The number of nitrogens with zero attached hydrogens (tertiary/aromatic N) is 2. The maximum absolute atomic E-state index is 14.6. The van der Waals surface area contributed by atoms with E-state index in [9.17, 15) is 18.0 Å². The van der Waals surface area contributed by atoms with Gasteiger partial charge in [-0.15, -0.1) is 0 Å². The van der Waals surface area contributed by atoms with Crippen LogP contribution in [0.1, 0.15) is 23.6 Å². The van der Waals surface area contributed by atoms with E-state index in [-0.39, 0.29) is 40.2 Å². The van der Waals surface area contributed by atoms with Crippen molar-refractivity contribution in [2.45, 2.75) is 37.8 Å². The van der Waals surface area contributed by atoms with Crippen molar-refractivity contribution in [1.82, 2.24) is 10.2 Å². The van der Waals surface area contributed by atoms with Gasteiger partial charge in [-0.25, -0.2) is 8.42 Å². The number of benzene rings is 4. The molecule has 2 amide bonds. The number of carbonyl (C=O) groups is 2. The van der Waals surface area contributed by atoms with E-state index in [1.165, 1.54) is 30.2 Å². The molecule has 0 aliphatic rings. The molecule has 1 atom stereocenters. The molecule has 0 aromatic heterocycles. The Kier molecular flexibility index (Phi) is 11.7. The van der Waals surface area contributed by atoms with E-state index < -0.39 is 28.5 Å². The number of aryl methyl sites for hydroxylation is 1. The van der Waals surface area contributed by atoms with Crippen LogP contribution in [0.25, 0.3) is 0 Å². The Morgan fingerprint density at radius 1 is 0.870 bits per heavy atom. The first-order valence-electron chi connectivity index (χ1n) is 14.7. The molecule has 0 bridgehead atoms. The van der Waals surface area contributed by atoms with Crippen LogP contribution in [0, 0.1) is 6.92 Å². The minimum absolute atomic E-state index is 0.00969. The summed E-state index contributed by atoms with van der Waals surface area (Å²) in [5.74, 6) is -0.185. The Balaban J connectivity index is 1.85. The van der Waals surface area contributed by atoms with Gasteiger partial charge in [0.2, 0.25) is 11.8 Å². The summed E-state index contributed by atoms with van der Waals surface area (Å²) in [5.41, 5.74) is 2.49. The molecule has 1 N–H and O–H groups in total. The summed E-state index contributed by atoms with van der Waals surface area (Å²) in [6.45, 7) is 3.37. The first-order chi connectivity index (χ1) is 22.1. The molecule has 0 fully saturated rings. The quantitative estimate of drug-likeness (QED) is 0.187. The molecule has 46 heavy (non-hydrogen) atoms. The molecule has 11 heteroatoms. The molecule has 0 unspecified atom stereocenters. The Hall–Kier alpha value is -4.54. The van der Waals surface area contributed by atoms with Crippen molar-refractivity contribution in [2.75, 3.05) is 31.6 Å². The Bertz CT molecular complexity index is 1750. The van der Waals surface area contributed by atoms with E-state index in [1.807, 2.05) is 43.3 Å². The van der Waals surface area contributed by atoms with Crippen LogP contribution in [0.2, 0.25) is 5.02 Å². The minimum atomic E-state index is -4.32. The lowest BCUT2D eigenvalue weighted by Gasteiger charge is -2.34. The van der Waals surface area contributed by atoms with Gasteiger partial charge in [0.25, 0.3) is 10.0 Å². The molecular formula is C35H38ClN3O6S. The maximum Gasteiger partial charge on any atom is 0.264 e. The van der Waals surface area contributed by atoms with Gasteiger partial charge in [-0.1, -0.05) is 71.8 Å². The number of carbonyl (C=O) groups excluding carboxylic acids is 2. The number of likely N-dealkylation sites (N-methyl/N-ethyl adjacent to an activating group) is 1. The van der Waals surface area contributed by atoms with E-state index in [2.05, 4.69) is 5.32 Å². The number of nitrogens with one attached hydrogen (secondary N) is 1. The summed E-state index contributed by atoms with van der Waals surface area (Å²) in [7, 11) is -1.37. The highest BCUT2D eigenvalue weighted by molar-refractivity contribution is 7.92. The first kappa shape index (κ1) is 34.3. The number of ether oxygens (including phenoxy) is 2. The molecule has 0 saturated carbocycles. The number of methoxy groups -OCH3 is 2. The van der Waals surface area contributed by atoms with Crippen molar-refractivity contribution in [2.24, 2.45) is 0 Å². The molecule has 0 saturated heterocycles. The number of rotatable bonds is 14. The van der Waals surface area contributed by atoms with Gasteiger partial charge in [-0.3, -0.25) is 13.9 Å². The van der Waals surface area contributed by atoms with E-state index in [4.69, 9.17) is 21.1 Å². The molecule has 4 rings (SSSR count). The van der Waals surface area contributed by atoms with Gasteiger partial charge in [0.15, 0.2) is 0 Å². The fourth-order valence-electron chi connectivity index (χ4n) is 5.02. The van der Waals surface area contributed by atoms with Crippen molar-refractivity contribution >= 4 is 39.1 Å². The van der Waals surface area contributed by atoms with Crippen molar-refractivity contribution in [1.29, 1.82) is 0 Å². The SMILES string of the molecule is CCNC(=O)[C@@H](Cc1ccccc1)N(Cc1cccc(OC)c1)C(=O)CN(c1cc(Cl)ccc1OC)S(=O)(=O)c1ccc(C)cc1. The second kappa shape index (κ2) is 15.6. The van der Waals surface area contributed by atoms with Crippen LogP contribution in [-0.4, -0.2) is 58.5 Å². The monoisotopic (exact) mass is 663 g/mol. The lowest BCUT2D eigenvalue weighted by molar-refractivity contribution is -0.140. The molecule has 4 aromatic carbocycles. The van der Waals surface area contributed by atoms with Crippen molar-refractivity contribution in [3.63, 3.8) is 0 Å². The third-order valence-electron chi connectivity index (χ3n) is 7.41. The highest BCUT2D eigenvalue weighted by Gasteiger charge is 2.35. The first-order valence-corrected chi connectivity index (χ1v) is 16.6. The predicted octanol–water partition coefficient (Wildman–Crippen LogP) is 5.64. The molecule has 0 aliphatic carbocycles. The van der Waals surface area contributed by atoms with Crippen LogP contribution in [0.4, 0.5) is 5.69 Å². The van der Waals surface area contributed by atoms with Crippen molar-refractivity contribution < 1.29 is 27.5 Å². The van der Waals surface area contributed by atoms with Gasteiger partial charge in [-0.05, 0) is 67.4 Å². The van der Waals surface area contributed by atoms with Gasteiger partial charge in [0.1, 0.15) is 24.1 Å². The van der Waals surface area contributed by atoms with Gasteiger partial charge < -0.3 is 19.7 Å². The zero-order valence-corrected chi connectivity index (χ0v) is 27.8. The summed E-state index contributed by atoms with van der Waals surface area (Å²) < 4.78 is 40.5. The zero-order chi connectivity index (χ0) is 33.3. The van der Waals surface area contributed by atoms with Gasteiger partial charge in [0, 0.05) is 24.5 Å². The summed E-state index contributed by atoms with van der Waals surface area (Å²) in [5, 5.41) is 3.11. The highest BCUT2D eigenvalue weighted by Crippen LogP contribution is 2.35. The Morgan fingerprint density at radius 3 is 2.22 bits per heavy atom. The smallest absolute Gasteiger partial charge is 0.264 e. The van der Waals surface area contributed by atoms with E-state index >= 15 is 0 Å². The highest BCUT2D eigenvalue weighted by atomic mass is 35.5. The largest absolute Gasteiger partial charge is 0.497 e. The average Bonchev–Trinajstić information content (AvgIpc) is 3.05. The fraction of sp³-hybridized carbons (Fsp3) is 0.257. The number of hydrogen-bond acceptors (Lipinski definition) is 6. The molecule has 9 nitrogen and oxygen atoms in total. The maximum atomic E-state index is 14.6. The molecule has 0 radical (unpaired) electrons. The van der Waals surface area contributed by atoms with E-state index in [1.54, 1.807) is 56.5 Å². The molecular weight excluding hydrogens is 626 g/mol. The van der Waals surface area contributed by atoms with Crippen LogP contribution < -0.4 is 19.1 Å². The standard InChI is InChI=1S/C35H38ClN3O6S/c1-5-37-35(41)32(21-26-10-7-6-8-11-26)38(23-27-12-9-13-29(20-27)44-3)34(40)24-39(31-22-28(36)16-19-33(31)45-4)46(42,43)30-17-14-25(2)15-18-30/h6-20,22,32H,5,21,23-24H2,1-4H3,(H,37,41)/t32-/m1/s1. The van der Waals surface area contributed by atoms with Gasteiger partial charge in [0.05, 0.1) is 24.8 Å². The van der Waals surface area contributed by atoms with Gasteiger partial charge in [-0.2, -0.15) is 0 Å². The number of amides is 2. The molecule has 242 valence electrons. The molecule has 0 aliphatic heterocycles. The van der Waals surface area contributed by atoms with Crippen molar-refractivity contribution in [3.8, 4) is 11.5 Å². The minimum Gasteiger partial charge on any atom is -0.497 e. The Labute approximate surface area is 275 Å². The second-order valence-corrected chi connectivity index (χ2v) is 12.9. The van der Waals surface area contributed by atoms with Crippen LogP contribution in [0.3, 0.4) is 0 Å². The van der Waals surface area contributed by atoms with Crippen LogP contribution >= 0.6 is 11.6 Å². The number of anilines is 1. The third kappa shape index (κ3) is 8.38. The summed E-state index contributed by atoms with van der Waals surface area (Å²) in [6.07, 6.45) is 0.202. The average molecular weight is 664 g/mol. The summed E-state index contributed by atoms with van der Waals surface area (Å²) in [6, 6.07) is 26.4. The Morgan fingerprint density at radius 2 is 1.57 bits per heavy atom. The van der Waals surface area contributed by atoms with Gasteiger partial charge >= 0.3 is 0 Å². The number of hydrogen-bond donors (Lipinski definition) is 1. The van der Waals surface area contributed by atoms with E-state index in [0.717, 1.165) is 15.4 Å². The van der Waals surface area contributed by atoms with E-state index in [0.29, 0.717) is 17.9 Å². The lowest BCUT2D eigenvalue weighted by atomic mass is 10.0. The zero-order valence-electron chi connectivity index (χ0n) is 26.3. The second-order valence-electron chi connectivity index (χ2n) is 10.6. The van der Waals surface area contributed by atoms with Crippen LogP contribution in [0.15, 0.2) is 102 Å². The predicted molar refractivity (Wildman–Crippen MR) is 180 cm³/mol. The lowest BCUT2D eigenvalue weighted by Crippen LogP contribution is -2.53. The number of sulfonamides is 1. The third-order valence-corrected chi connectivity index (χ3v) is 9.42. The topological polar surface area (TPSA) is 105 Å².